The van der Waals surface area contributed by atoms with Gasteiger partial charge in [0.1, 0.15) is 17.5 Å². The zero-order chi connectivity index (χ0) is 13.3. The number of ether oxygens (including phenoxy) is 1. The average Bonchev–Trinajstić information content (AvgIpc) is 2.73. The van der Waals surface area contributed by atoms with Gasteiger partial charge in [-0.1, -0.05) is 16.8 Å². The first-order valence-corrected chi connectivity index (χ1v) is 5.63. The SMILES string of the molecule is COc1cc(Cl)c(C)cc1-n1nnc(C#N)c1C. The van der Waals surface area contributed by atoms with Crippen molar-refractivity contribution < 1.29 is 4.74 Å². The van der Waals surface area contributed by atoms with Crippen LogP contribution in [-0.2, 0) is 0 Å². The molecule has 0 N–H and O–H groups in total. The first-order chi connectivity index (χ1) is 8.58. The smallest absolute Gasteiger partial charge is 0.186 e. The maximum atomic E-state index is 8.89. The summed E-state index contributed by atoms with van der Waals surface area (Å²) >= 11 is 6.05. The van der Waals surface area contributed by atoms with Crippen molar-refractivity contribution in [1.82, 2.24) is 15.0 Å². The molecule has 0 saturated carbocycles. The van der Waals surface area contributed by atoms with Crippen LogP contribution >= 0.6 is 11.6 Å². The van der Waals surface area contributed by atoms with Crippen LogP contribution in [-0.4, -0.2) is 22.1 Å². The van der Waals surface area contributed by atoms with Gasteiger partial charge < -0.3 is 4.74 Å². The summed E-state index contributed by atoms with van der Waals surface area (Å²) in [4.78, 5) is 0. The highest BCUT2D eigenvalue weighted by atomic mass is 35.5. The van der Waals surface area contributed by atoms with E-state index in [0.717, 1.165) is 5.56 Å². The molecule has 0 fully saturated rings. The second kappa shape index (κ2) is 4.67. The van der Waals surface area contributed by atoms with Gasteiger partial charge in [-0.3, -0.25) is 0 Å². The van der Waals surface area contributed by atoms with E-state index in [-0.39, 0.29) is 0 Å². The second-order valence-electron chi connectivity index (χ2n) is 3.82. The molecule has 2 aromatic rings. The standard InChI is InChI=1S/C12H11ClN4O/c1-7-4-11(12(18-3)5-9(7)13)17-8(2)10(6-14)15-16-17/h4-5H,1-3H3. The summed E-state index contributed by atoms with van der Waals surface area (Å²) in [5, 5.41) is 17.3. The molecule has 0 amide bonds. The molecule has 0 aliphatic carbocycles. The number of benzene rings is 1. The average molecular weight is 263 g/mol. The van der Waals surface area contributed by atoms with Crippen molar-refractivity contribution in [3.8, 4) is 17.5 Å². The minimum Gasteiger partial charge on any atom is -0.494 e. The van der Waals surface area contributed by atoms with E-state index in [1.807, 2.05) is 19.1 Å². The van der Waals surface area contributed by atoms with E-state index in [1.165, 1.54) is 0 Å². The van der Waals surface area contributed by atoms with Crippen LogP contribution in [0.15, 0.2) is 12.1 Å². The summed E-state index contributed by atoms with van der Waals surface area (Å²) in [7, 11) is 1.56. The quantitative estimate of drug-likeness (QED) is 0.834. The third kappa shape index (κ3) is 1.91. The van der Waals surface area contributed by atoms with E-state index in [4.69, 9.17) is 21.6 Å². The molecule has 0 unspecified atom stereocenters. The Morgan fingerprint density at radius 2 is 2.11 bits per heavy atom. The lowest BCUT2D eigenvalue weighted by molar-refractivity contribution is 0.411. The van der Waals surface area contributed by atoms with Crippen LogP contribution in [0, 0.1) is 25.2 Å². The third-order valence-electron chi connectivity index (χ3n) is 2.69. The molecule has 0 bridgehead atoms. The monoisotopic (exact) mass is 262 g/mol. The predicted molar refractivity (Wildman–Crippen MR) is 67.1 cm³/mol. The number of methoxy groups -OCH3 is 1. The molecule has 0 aliphatic heterocycles. The van der Waals surface area contributed by atoms with Gasteiger partial charge in [-0.25, -0.2) is 4.68 Å². The molecule has 0 saturated heterocycles. The number of halogens is 1. The van der Waals surface area contributed by atoms with Crippen LogP contribution in [0.1, 0.15) is 17.0 Å². The van der Waals surface area contributed by atoms with Gasteiger partial charge in [0.2, 0.25) is 0 Å². The van der Waals surface area contributed by atoms with Crippen LogP contribution in [0.25, 0.3) is 5.69 Å². The molecule has 92 valence electrons. The van der Waals surface area contributed by atoms with Crippen molar-refractivity contribution in [2.75, 3.05) is 7.11 Å². The highest BCUT2D eigenvalue weighted by molar-refractivity contribution is 6.31. The summed E-state index contributed by atoms with van der Waals surface area (Å²) in [6.07, 6.45) is 0. The van der Waals surface area contributed by atoms with Crippen molar-refractivity contribution in [2.24, 2.45) is 0 Å². The molecule has 0 radical (unpaired) electrons. The second-order valence-corrected chi connectivity index (χ2v) is 4.23. The van der Waals surface area contributed by atoms with Gasteiger partial charge in [-0.2, -0.15) is 5.26 Å². The molecule has 0 atom stereocenters. The van der Waals surface area contributed by atoms with Gasteiger partial charge in [0, 0.05) is 11.1 Å². The van der Waals surface area contributed by atoms with Crippen molar-refractivity contribution in [2.45, 2.75) is 13.8 Å². The highest BCUT2D eigenvalue weighted by Gasteiger charge is 2.14. The third-order valence-corrected chi connectivity index (χ3v) is 3.10. The van der Waals surface area contributed by atoms with Crippen molar-refractivity contribution in [3.05, 3.63) is 34.1 Å². The molecule has 1 aromatic carbocycles. The fraction of sp³-hybridized carbons (Fsp3) is 0.250. The summed E-state index contributed by atoms with van der Waals surface area (Å²) in [6.45, 7) is 3.67. The molecule has 0 aliphatic rings. The summed E-state index contributed by atoms with van der Waals surface area (Å²) in [5.41, 5.74) is 2.58. The lowest BCUT2D eigenvalue weighted by Gasteiger charge is -2.11. The van der Waals surface area contributed by atoms with Gasteiger partial charge in [0.25, 0.3) is 0 Å². The molecule has 6 heteroatoms. The Bertz CT molecular complexity index is 642. The number of hydrogen-bond acceptors (Lipinski definition) is 4. The zero-order valence-corrected chi connectivity index (χ0v) is 11.0. The van der Waals surface area contributed by atoms with E-state index in [2.05, 4.69) is 10.3 Å². The Labute approximate surface area is 110 Å². The number of nitrogens with zero attached hydrogens (tertiary/aromatic N) is 4. The van der Waals surface area contributed by atoms with Crippen LogP contribution < -0.4 is 4.74 Å². The van der Waals surface area contributed by atoms with E-state index in [1.54, 1.807) is 24.8 Å². The largest absolute Gasteiger partial charge is 0.494 e. The maximum absolute atomic E-state index is 8.89. The van der Waals surface area contributed by atoms with Crippen molar-refractivity contribution >= 4 is 11.6 Å². The Balaban J connectivity index is 2.67. The molecule has 18 heavy (non-hydrogen) atoms. The topological polar surface area (TPSA) is 63.7 Å². The minimum atomic E-state index is 0.296. The molecular formula is C12H11ClN4O. The van der Waals surface area contributed by atoms with Crippen LogP contribution in [0.4, 0.5) is 0 Å². The highest BCUT2D eigenvalue weighted by Crippen LogP contribution is 2.30. The number of aromatic nitrogens is 3. The van der Waals surface area contributed by atoms with Gasteiger partial charge in [0.15, 0.2) is 5.69 Å². The lowest BCUT2D eigenvalue weighted by Crippen LogP contribution is -2.03. The van der Waals surface area contributed by atoms with Crippen LogP contribution in [0.5, 0.6) is 5.75 Å². The first kappa shape index (κ1) is 12.4. The molecule has 1 aromatic heterocycles. The summed E-state index contributed by atoms with van der Waals surface area (Å²) in [5.74, 6) is 0.586. The van der Waals surface area contributed by atoms with Crippen LogP contribution in [0.2, 0.25) is 5.02 Å². The van der Waals surface area contributed by atoms with E-state index in [9.17, 15) is 0 Å². The summed E-state index contributed by atoms with van der Waals surface area (Å²) in [6, 6.07) is 5.56. The Morgan fingerprint density at radius 1 is 1.39 bits per heavy atom. The Hall–Kier alpha value is -2.06. The molecule has 2 rings (SSSR count). The fourth-order valence-corrected chi connectivity index (χ4v) is 1.79. The maximum Gasteiger partial charge on any atom is 0.186 e. The number of aryl methyl sites for hydroxylation is 1. The van der Waals surface area contributed by atoms with Crippen molar-refractivity contribution in [1.29, 1.82) is 5.26 Å². The molecular weight excluding hydrogens is 252 g/mol. The molecule has 5 nitrogen and oxygen atoms in total. The summed E-state index contributed by atoms with van der Waals surface area (Å²) < 4.78 is 6.85. The fourth-order valence-electron chi connectivity index (χ4n) is 1.64. The zero-order valence-electron chi connectivity index (χ0n) is 10.2. The van der Waals surface area contributed by atoms with E-state index in [0.29, 0.717) is 27.8 Å². The van der Waals surface area contributed by atoms with Gasteiger partial charge in [0.05, 0.1) is 12.8 Å². The lowest BCUT2D eigenvalue weighted by atomic mass is 10.2. The minimum absolute atomic E-state index is 0.296. The number of nitriles is 1. The first-order valence-electron chi connectivity index (χ1n) is 5.25. The number of rotatable bonds is 2. The Kier molecular flexibility index (Phi) is 3.21. The van der Waals surface area contributed by atoms with E-state index >= 15 is 0 Å². The van der Waals surface area contributed by atoms with Crippen LogP contribution in [0.3, 0.4) is 0 Å². The van der Waals surface area contributed by atoms with E-state index < -0.39 is 0 Å². The Morgan fingerprint density at radius 3 is 2.67 bits per heavy atom. The normalized spacial score (nSPS) is 10.2. The van der Waals surface area contributed by atoms with Crippen molar-refractivity contribution in [3.63, 3.8) is 0 Å². The van der Waals surface area contributed by atoms with Gasteiger partial charge in [-0.05, 0) is 25.5 Å². The predicted octanol–water partition coefficient (Wildman–Crippen LogP) is 2.42. The molecule has 0 spiro atoms. The van der Waals surface area contributed by atoms with Gasteiger partial charge >= 0.3 is 0 Å². The molecule has 1 heterocycles. The van der Waals surface area contributed by atoms with Gasteiger partial charge in [-0.15, -0.1) is 5.10 Å². The number of hydrogen-bond donors (Lipinski definition) is 0.